The van der Waals surface area contributed by atoms with Crippen molar-refractivity contribution in [1.29, 1.82) is 0 Å². The van der Waals surface area contributed by atoms with Crippen molar-refractivity contribution in [3.63, 3.8) is 0 Å². The van der Waals surface area contributed by atoms with Crippen molar-refractivity contribution in [3.05, 3.63) is 28.0 Å². The Morgan fingerprint density at radius 1 is 1.62 bits per heavy atom. The molecule has 0 saturated carbocycles. The first-order chi connectivity index (χ1) is 6.07. The van der Waals surface area contributed by atoms with Crippen molar-refractivity contribution in [1.82, 2.24) is 4.98 Å². The quantitative estimate of drug-likeness (QED) is 0.549. The van der Waals surface area contributed by atoms with Crippen LogP contribution in [0.1, 0.15) is 27.9 Å². The first-order valence-corrected chi connectivity index (χ1v) is 3.84. The predicted octanol–water partition coefficient (Wildman–Crippen LogP) is 2.79. The van der Waals surface area contributed by atoms with Gasteiger partial charge in [0.2, 0.25) is 0 Å². The molecule has 0 bridgehead atoms. The van der Waals surface area contributed by atoms with Gasteiger partial charge < -0.3 is 0 Å². The fourth-order valence-electron chi connectivity index (χ4n) is 0.975. The van der Waals surface area contributed by atoms with Crippen molar-refractivity contribution in [3.8, 4) is 0 Å². The molecule has 13 heavy (non-hydrogen) atoms. The number of alkyl halides is 2. The summed E-state index contributed by atoms with van der Waals surface area (Å²) in [5, 5.41) is -0.252. The molecule has 0 amide bonds. The fraction of sp³-hybridized carbons (Fsp3) is 0.250. The van der Waals surface area contributed by atoms with E-state index < -0.39 is 6.43 Å². The Morgan fingerprint density at radius 2 is 2.23 bits per heavy atom. The lowest BCUT2D eigenvalue weighted by molar-refractivity contribution is 0.112. The molecule has 5 heteroatoms. The molecular formula is C8H6ClF2NO. The Bertz CT molecular complexity index is 341. The Morgan fingerprint density at radius 3 is 2.69 bits per heavy atom. The first-order valence-electron chi connectivity index (χ1n) is 3.46. The summed E-state index contributed by atoms with van der Waals surface area (Å²) in [4.78, 5) is 13.9. The molecule has 0 radical (unpaired) electrons. The Kier molecular flexibility index (Phi) is 2.93. The van der Waals surface area contributed by atoms with Gasteiger partial charge >= 0.3 is 0 Å². The van der Waals surface area contributed by atoms with Crippen molar-refractivity contribution >= 4 is 17.9 Å². The smallest absolute Gasteiger partial charge is 0.267 e. The number of rotatable bonds is 2. The van der Waals surface area contributed by atoms with Crippen LogP contribution in [-0.4, -0.2) is 11.3 Å². The van der Waals surface area contributed by atoms with Gasteiger partial charge in [-0.05, 0) is 12.5 Å². The summed E-state index contributed by atoms with van der Waals surface area (Å²) in [6.45, 7) is 1.42. The molecule has 70 valence electrons. The number of pyridine rings is 1. The molecule has 0 N–H and O–H groups in total. The van der Waals surface area contributed by atoms with Gasteiger partial charge in [-0.25, -0.2) is 13.8 Å². The lowest BCUT2D eigenvalue weighted by Crippen LogP contribution is -1.98. The number of halogens is 3. The number of carbonyl (C=O) groups is 1. The maximum atomic E-state index is 12.4. The molecule has 0 saturated heterocycles. The number of nitrogens with zero attached hydrogens (tertiary/aromatic N) is 1. The van der Waals surface area contributed by atoms with Crippen LogP contribution in [0.2, 0.25) is 5.15 Å². The van der Waals surface area contributed by atoms with Gasteiger partial charge in [0.25, 0.3) is 6.43 Å². The van der Waals surface area contributed by atoms with Crippen LogP contribution in [0.5, 0.6) is 0 Å². The van der Waals surface area contributed by atoms with Gasteiger partial charge in [-0.2, -0.15) is 0 Å². The number of hydrogen-bond acceptors (Lipinski definition) is 2. The summed E-state index contributed by atoms with van der Waals surface area (Å²) < 4.78 is 24.7. The predicted molar refractivity (Wildman–Crippen MR) is 44.3 cm³/mol. The molecule has 0 aliphatic heterocycles. The Hall–Kier alpha value is -1.03. The van der Waals surface area contributed by atoms with Gasteiger partial charge in [-0.3, -0.25) is 4.79 Å². The van der Waals surface area contributed by atoms with Crippen LogP contribution in [-0.2, 0) is 0 Å². The van der Waals surface area contributed by atoms with Crippen LogP contribution in [0.15, 0.2) is 6.20 Å². The molecular weight excluding hydrogens is 200 g/mol. The first kappa shape index (κ1) is 10.1. The Balaban J connectivity index is 3.38. The summed E-state index contributed by atoms with van der Waals surface area (Å²) in [6.07, 6.45) is -1.05. The minimum absolute atomic E-state index is 0.139. The zero-order chi connectivity index (χ0) is 10.0. The SMILES string of the molecule is Cc1c(C=O)cnc(Cl)c1C(F)F. The second-order valence-electron chi connectivity index (χ2n) is 2.46. The highest BCUT2D eigenvalue weighted by atomic mass is 35.5. The maximum Gasteiger partial charge on any atom is 0.267 e. The van der Waals surface area contributed by atoms with E-state index >= 15 is 0 Å². The van der Waals surface area contributed by atoms with Gasteiger partial charge in [-0.15, -0.1) is 0 Å². The summed E-state index contributed by atoms with van der Waals surface area (Å²) in [6, 6.07) is 0. The van der Waals surface area contributed by atoms with E-state index in [-0.39, 0.29) is 21.8 Å². The highest BCUT2D eigenvalue weighted by Gasteiger charge is 2.18. The topological polar surface area (TPSA) is 30.0 Å². The van der Waals surface area contributed by atoms with Crippen LogP contribution < -0.4 is 0 Å². The molecule has 0 unspecified atom stereocenters. The van der Waals surface area contributed by atoms with E-state index in [1.54, 1.807) is 0 Å². The van der Waals surface area contributed by atoms with Gasteiger partial charge in [0.1, 0.15) is 5.15 Å². The van der Waals surface area contributed by atoms with Crippen molar-refractivity contribution in [2.75, 3.05) is 0 Å². The molecule has 1 aromatic rings. The summed E-state index contributed by atoms with van der Waals surface area (Å²) in [5.74, 6) is 0. The van der Waals surface area contributed by atoms with Gasteiger partial charge in [-0.1, -0.05) is 11.6 Å². The largest absolute Gasteiger partial charge is 0.298 e. The molecule has 0 atom stereocenters. The maximum absolute atomic E-state index is 12.4. The second-order valence-corrected chi connectivity index (χ2v) is 2.82. The van der Waals surface area contributed by atoms with Crippen LogP contribution in [0.4, 0.5) is 8.78 Å². The van der Waals surface area contributed by atoms with Crippen LogP contribution >= 0.6 is 11.6 Å². The van der Waals surface area contributed by atoms with E-state index in [1.165, 1.54) is 13.1 Å². The lowest BCUT2D eigenvalue weighted by Gasteiger charge is -2.07. The number of aldehydes is 1. The van der Waals surface area contributed by atoms with E-state index in [0.29, 0.717) is 6.29 Å². The minimum atomic E-state index is -2.71. The van der Waals surface area contributed by atoms with Crippen LogP contribution in [0, 0.1) is 6.92 Å². The zero-order valence-electron chi connectivity index (χ0n) is 6.72. The molecule has 1 heterocycles. The second kappa shape index (κ2) is 3.79. The normalized spacial score (nSPS) is 10.5. The van der Waals surface area contributed by atoms with E-state index in [4.69, 9.17) is 11.6 Å². The lowest BCUT2D eigenvalue weighted by atomic mass is 10.1. The third-order valence-electron chi connectivity index (χ3n) is 1.72. The van der Waals surface area contributed by atoms with E-state index in [1.807, 2.05) is 0 Å². The van der Waals surface area contributed by atoms with Gasteiger partial charge in [0, 0.05) is 11.8 Å². The van der Waals surface area contributed by atoms with Crippen molar-refractivity contribution in [2.24, 2.45) is 0 Å². The van der Waals surface area contributed by atoms with Gasteiger partial charge in [0.15, 0.2) is 6.29 Å². The molecule has 0 aliphatic carbocycles. The van der Waals surface area contributed by atoms with Crippen LogP contribution in [0.3, 0.4) is 0 Å². The third kappa shape index (κ3) is 1.83. The molecule has 1 rings (SSSR count). The van der Waals surface area contributed by atoms with Crippen molar-refractivity contribution in [2.45, 2.75) is 13.3 Å². The summed E-state index contributed by atoms with van der Waals surface area (Å²) >= 11 is 5.45. The molecule has 0 fully saturated rings. The highest BCUT2D eigenvalue weighted by molar-refractivity contribution is 6.30. The average molecular weight is 206 g/mol. The molecule has 2 nitrogen and oxygen atoms in total. The Labute approximate surface area is 78.5 Å². The van der Waals surface area contributed by atoms with E-state index in [9.17, 15) is 13.6 Å². The van der Waals surface area contributed by atoms with E-state index in [2.05, 4.69) is 4.98 Å². The molecule has 1 aromatic heterocycles. The zero-order valence-corrected chi connectivity index (χ0v) is 7.48. The summed E-state index contributed by atoms with van der Waals surface area (Å²) in [5.41, 5.74) is -0.0454. The monoisotopic (exact) mass is 205 g/mol. The van der Waals surface area contributed by atoms with E-state index in [0.717, 1.165) is 0 Å². The van der Waals surface area contributed by atoms with Gasteiger partial charge in [0.05, 0.1) is 5.56 Å². The fourth-order valence-corrected chi connectivity index (χ4v) is 1.25. The number of carbonyl (C=O) groups excluding carboxylic acids is 1. The molecule has 0 spiro atoms. The third-order valence-corrected chi connectivity index (χ3v) is 2.02. The number of aromatic nitrogens is 1. The molecule has 0 aliphatic rings. The minimum Gasteiger partial charge on any atom is -0.298 e. The molecule has 0 aromatic carbocycles. The highest BCUT2D eigenvalue weighted by Crippen LogP contribution is 2.29. The average Bonchev–Trinajstić information content (AvgIpc) is 2.04. The van der Waals surface area contributed by atoms with Crippen molar-refractivity contribution < 1.29 is 13.6 Å². The van der Waals surface area contributed by atoms with Crippen LogP contribution in [0.25, 0.3) is 0 Å². The summed E-state index contributed by atoms with van der Waals surface area (Å²) in [7, 11) is 0. The number of hydrogen-bond donors (Lipinski definition) is 0. The standard InChI is InChI=1S/C8H6ClF2NO/c1-4-5(3-13)2-12-7(9)6(4)8(10)11/h2-3,8H,1H3.